The van der Waals surface area contributed by atoms with Crippen LogP contribution in [0.5, 0.6) is 5.75 Å². The predicted octanol–water partition coefficient (Wildman–Crippen LogP) is 4.19. The topological polar surface area (TPSA) is 54.9 Å². The van der Waals surface area contributed by atoms with Gasteiger partial charge in [-0.05, 0) is 37.0 Å². The Balaban J connectivity index is 0.00000392. The van der Waals surface area contributed by atoms with Crippen LogP contribution >= 0.6 is 24.0 Å². The van der Waals surface area contributed by atoms with Crippen molar-refractivity contribution in [3.05, 3.63) is 65.7 Å². The minimum Gasteiger partial charge on any atom is -0.496 e. The van der Waals surface area contributed by atoms with Gasteiger partial charge in [-0.3, -0.25) is 4.99 Å². The van der Waals surface area contributed by atoms with Crippen LogP contribution in [-0.4, -0.2) is 39.8 Å². The highest BCUT2D eigenvalue weighted by molar-refractivity contribution is 14.0. The van der Waals surface area contributed by atoms with Gasteiger partial charge in [0, 0.05) is 26.7 Å². The summed E-state index contributed by atoms with van der Waals surface area (Å²) in [5.41, 5.74) is 2.39. The molecule has 0 aliphatic heterocycles. The predicted molar refractivity (Wildman–Crippen MR) is 127 cm³/mol. The lowest BCUT2D eigenvalue weighted by Gasteiger charge is -2.15. The number of benzene rings is 2. The van der Waals surface area contributed by atoms with Gasteiger partial charge in [0.25, 0.3) is 0 Å². The fraction of sp³-hybridized carbons (Fsp3) is 0.409. The number of halogens is 1. The van der Waals surface area contributed by atoms with Crippen molar-refractivity contribution in [2.75, 3.05) is 33.9 Å². The number of nitrogens with zero attached hydrogens (tertiary/aromatic N) is 1. The van der Waals surface area contributed by atoms with Gasteiger partial charge in [0.15, 0.2) is 5.96 Å². The highest BCUT2D eigenvalue weighted by atomic mass is 127. The molecule has 2 N–H and O–H groups in total. The first kappa shape index (κ1) is 24.2. The van der Waals surface area contributed by atoms with Crippen LogP contribution in [0.2, 0.25) is 0 Å². The van der Waals surface area contributed by atoms with E-state index in [1.165, 1.54) is 11.1 Å². The van der Waals surface area contributed by atoms with E-state index < -0.39 is 0 Å². The van der Waals surface area contributed by atoms with Gasteiger partial charge in [-0.1, -0.05) is 48.5 Å². The summed E-state index contributed by atoms with van der Waals surface area (Å²) in [5.74, 6) is 1.73. The van der Waals surface area contributed by atoms with Crippen molar-refractivity contribution in [2.45, 2.75) is 25.9 Å². The normalized spacial score (nSPS) is 12.0. The Bertz CT molecular complexity index is 695. The van der Waals surface area contributed by atoms with Gasteiger partial charge in [0.2, 0.25) is 0 Å². The van der Waals surface area contributed by atoms with Gasteiger partial charge in [0.1, 0.15) is 5.75 Å². The first-order valence-electron chi connectivity index (χ1n) is 9.47. The monoisotopic (exact) mass is 497 g/mol. The Morgan fingerprint density at radius 3 is 2.39 bits per heavy atom. The summed E-state index contributed by atoms with van der Waals surface area (Å²) >= 11 is 0. The van der Waals surface area contributed by atoms with Gasteiger partial charge in [-0.25, -0.2) is 0 Å². The maximum absolute atomic E-state index is 5.89. The average molecular weight is 497 g/mol. The van der Waals surface area contributed by atoms with Crippen LogP contribution in [0, 0.1) is 0 Å². The number of hydrogen-bond acceptors (Lipinski definition) is 3. The van der Waals surface area contributed by atoms with E-state index in [1.54, 1.807) is 14.2 Å². The standard InChI is InChI=1S/C22H31N3O2.HI/c1-18(19-10-5-4-6-11-19)27-17-9-15-24-22(23-2)25-16-14-20-12-7-8-13-21(20)26-3;/h4-8,10-13,18H,9,14-17H2,1-3H3,(H2,23,24,25);1H. The molecule has 0 aromatic heterocycles. The molecule has 0 aliphatic rings. The summed E-state index contributed by atoms with van der Waals surface area (Å²) in [4.78, 5) is 4.26. The molecule has 6 heteroatoms. The molecule has 2 aromatic carbocycles. The van der Waals surface area contributed by atoms with Crippen molar-refractivity contribution in [2.24, 2.45) is 4.99 Å². The second kappa shape index (κ2) is 14.2. The highest BCUT2D eigenvalue weighted by Crippen LogP contribution is 2.17. The summed E-state index contributed by atoms with van der Waals surface area (Å²) in [7, 11) is 3.49. The number of nitrogens with one attached hydrogen (secondary N) is 2. The molecule has 0 amide bonds. The Morgan fingerprint density at radius 1 is 1.00 bits per heavy atom. The van der Waals surface area contributed by atoms with Crippen LogP contribution in [0.25, 0.3) is 0 Å². The minimum atomic E-state index is 0. The molecule has 0 bridgehead atoms. The smallest absolute Gasteiger partial charge is 0.190 e. The number of guanidine groups is 1. The van der Waals surface area contributed by atoms with E-state index in [0.29, 0.717) is 6.61 Å². The van der Waals surface area contributed by atoms with Gasteiger partial charge < -0.3 is 20.1 Å². The van der Waals surface area contributed by atoms with E-state index in [9.17, 15) is 0 Å². The molecule has 2 rings (SSSR count). The molecule has 0 radical (unpaired) electrons. The summed E-state index contributed by atoms with van der Waals surface area (Å²) in [6.45, 7) is 4.40. The van der Waals surface area contributed by atoms with E-state index in [1.807, 2.05) is 36.4 Å². The van der Waals surface area contributed by atoms with Crippen molar-refractivity contribution in [1.82, 2.24) is 10.6 Å². The number of para-hydroxylation sites is 1. The van der Waals surface area contributed by atoms with Gasteiger partial charge in [-0.15, -0.1) is 24.0 Å². The molecule has 0 saturated carbocycles. The van der Waals surface area contributed by atoms with Crippen molar-refractivity contribution in [3.8, 4) is 5.75 Å². The Morgan fingerprint density at radius 2 is 1.68 bits per heavy atom. The molecule has 1 unspecified atom stereocenters. The first-order chi connectivity index (χ1) is 13.2. The number of methoxy groups -OCH3 is 1. The Labute approximate surface area is 186 Å². The maximum atomic E-state index is 5.89. The van der Waals surface area contributed by atoms with Crippen LogP contribution in [0.15, 0.2) is 59.6 Å². The van der Waals surface area contributed by atoms with E-state index in [-0.39, 0.29) is 30.1 Å². The third-order valence-corrected chi connectivity index (χ3v) is 4.35. The van der Waals surface area contributed by atoms with E-state index in [4.69, 9.17) is 9.47 Å². The zero-order chi connectivity index (χ0) is 19.3. The number of aliphatic imine (C=N–C) groups is 1. The highest BCUT2D eigenvalue weighted by Gasteiger charge is 2.05. The first-order valence-corrected chi connectivity index (χ1v) is 9.47. The molecule has 0 heterocycles. The number of hydrogen-bond donors (Lipinski definition) is 2. The van der Waals surface area contributed by atoms with Gasteiger partial charge in [-0.2, -0.15) is 0 Å². The maximum Gasteiger partial charge on any atom is 0.190 e. The summed E-state index contributed by atoms with van der Waals surface area (Å²) in [5, 5.41) is 6.66. The van der Waals surface area contributed by atoms with E-state index in [0.717, 1.165) is 37.6 Å². The zero-order valence-electron chi connectivity index (χ0n) is 17.0. The molecule has 0 saturated heterocycles. The fourth-order valence-electron chi connectivity index (χ4n) is 2.81. The van der Waals surface area contributed by atoms with Crippen LogP contribution in [0.4, 0.5) is 0 Å². The van der Waals surface area contributed by atoms with Crippen LogP contribution in [0.1, 0.15) is 30.6 Å². The Kier molecular flexibility index (Phi) is 12.3. The molecule has 0 fully saturated rings. The second-order valence-electron chi connectivity index (χ2n) is 6.26. The van der Waals surface area contributed by atoms with Crippen molar-refractivity contribution < 1.29 is 9.47 Å². The molecule has 1 atom stereocenters. The number of ether oxygens (including phenoxy) is 2. The molecule has 2 aromatic rings. The van der Waals surface area contributed by atoms with Crippen molar-refractivity contribution in [1.29, 1.82) is 0 Å². The molecule has 154 valence electrons. The second-order valence-corrected chi connectivity index (χ2v) is 6.26. The van der Waals surface area contributed by atoms with E-state index >= 15 is 0 Å². The van der Waals surface area contributed by atoms with Crippen LogP contribution < -0.4 is 15.4 Å². The molecule has 0 spiro atoms. The quantitative estimate of drug-likeness (QED) is 0.224. The lowest BCUT2D eigenvalue weighted by Crippen LogP contribution is -2.39. The van der Waals surface area contributed by atoms with Crippen LogP contribution in [0.3, 0.4) is 0 Å². The third kappa shape index (κ3) is 8.48. The lowest BCUT2D eigenvalue weighted by molar-refractivity contribution is 0.0646. The average Bonchev–Trinajstić information content (AvgIpc) is 2.73. The molecule has 5 nitrogen and oxygen atoms in total. The number of rotatable bonds is 10. The third-order valence-electron chi connectivity index (χ3n) is 4.35. The SMILES string of the molecule is CN=C(NCCCOC(C)c1ccccc1)NCCc1ccccc1OC.I. The zero-order valence-corrected chi connectivity index (χ0v) is 19.3. The van der Waals surface area contributed by atoms with E-state index in [2.05, 4.69) is 40.7 Å². The van der Waals surface area contributed by atoms with Crippen molar-refractivity contribution >= 4 is 29.9 Å². The molecular formula is C22H32IN3O2. The van der Waals surface area contributed by atoms with Crippen LogP contribution in [-0.2, 0) is 11.2 Å². The Hall–Kier alpha value is -1.80. The molecule has 0 aliphatic carbocycles. The molecule has 28 heavy (non-hydrogen) atoms. The van der Waals surface area contributed by atoms with Gasteiger partial charge in [0.05, 0.1) is 13.2 Å². The molecular weight excluding hydrogens is 465 g/mol. The minimum absolute atomic E-state index is 0. The summed E-state index contributed by atoms with van der Waals surface area (Å²) < 4.78 is 11.3. The lowest BCUT2D eigenvalue weighted by atomic mass is 10.1. The summed E-state index contributed by atoms with van der Waals surface area (Å²) in [6, 6.07) is 18.4. The largest absolute Gasteiger partial charge is 0.496 e. The van der Waals surface area contributed by atoms with Crippen molar-refractivity contribution in [3.63, 3.8) is 0 Å². The van der Waals surface area contributed by atoms with Gasteiger partial charge >= 0.3 is 0 Å². The fourth-order valence-corrected chi connectivity index (χ4v) is 2.81. The summed E-state index contributed by atoms with van der Waals surface area (Å²) in [6.07, 6.45) is 1.91.